The molecule has 1 N–H and O–H groups in total. The largest absolute Gasteiger partial charge is 0.334 e. The Hall–Kier alpha value is -0.870. The highest BCUT2D eigenvalue weighted by molar-refractivity contribution is 9.10. The Kier molecular flexibility index (Phi) is 3.39. The zero-order valence-corrected chi connectivity index (χ0v) is 11.9. The summed E-state index contributed by atoms with van der Waals surface area (Å²) in [5.41, 5.74) is 2.02. The van der Waals surface area contributed by atoms with Gasteiger partial charge in [-0.05, 0) is 49.5 Å². The third-order valence-electron chi connectivity index (χ3n) is 3.92. The lowest BCUT2D eigenvalue weighted by Crippen LogP contribution is -2.36. The van der Waals surface area contributed by atoms with Crippen LogP contribution in [0.4, 0.5) is 0 Å². The minimum Gasteiger partial charge on any atom is -0.334 e. The zero-order valence-electron chi connectivity index (χ0n) is 10.3. The SMILES string of the molecule is O=C1c2cccc(Br)c2CN1CC1CCNCC1. The van der Waals surface area contributed by atoms with E-state index < -0.39 is 0 Å². The normalized spacial score (nSPS) is 20.3. The van der Waals surface area contributed by atoms with Crippen LogP contribution in [0.2, 0.25) is 0 Å². The molecule has 18 heavy (non-hydrogen) atoms. The zero-order chi connectivity index (χ0) is 12.5. The molecule has 2 heterocycles. The molecule has 0 saturated carbocycles. The second-order valence-electron chi connectivity index (χ2n) is 5.15. The van der Waals surface area contributed by atoms with E-state index in [0.29, 0.717) is 5.92 Å². The number of rotatable bonds is 2. The molecule has 0 aromatic heterocycles. The lowest BCUT2D eigenvalue weighted by molar-refractivity contribution is 0.0740. The first-order chi connectivity index (χ1) is 8.75. The lowest BCUT2D eigenvalue weighted by Gasteiger charge is -2.27. The van der Waals surface area contributed by atoms with Crippen molar-refractivity contribution in [1.82, 2.24) is 10.2 Å². The molecule has 0 spiro atoms. The Morgan fingerprint density at radius 1 is 1.33 bits per heavy atom. The van der Waals surface area contributed by atoms with Crippen LogP contribution >= 0.6 is 15.9 Å². The van der Waals surface area contributed by atoms with Gasteiger partial charge < -0.3 is 10.2 Å². The summed E-state index contributed by atoms with van der Waals surface area (Å²) in [6.45, 7) is 3.84. The van der Waals surface area contributed by atoms with Crippen molar-refractivity contribution in [2.75, 3.05) is 19.6 Å². The van der Waals surface area contributed by atoms with E-state index in [0.717, 1.165) is 41.8 Å². The van der Waals surface area contributed by atoms with Gasteiger partial charge >= 0.3 is 0 Å². The van der Waals surface area contributed by atoms with Gasteiger partial charge in [0.25, 0.3) is 5.91 Å². The number of nitrogens with zero attached hydrogens (tertiary/aromatic N) is 1. The minimum absolute atomic E-state index is 0.199. The molecule has 0 radical (unpaired) electrons. The second kappa shape index (κ2) is 5.02. The molecule has 1 saturated heterocycles. The van der Waals surface area contributed by atoms with Crippen LogP contribution in [0.3, 0.4) is 0 Å². The Balaban J connectivity index is 1.73. The van der Waals surface area contributed by atoms with Crippen LogP contribution in [0.15, 0.2) is 22.7 Å². The topological polar surface area (TPSA) is 32.3 Å². The third kappa shape index (κ3) is 2.19. The summed E-state index contributed by atoms with van der Waals surface area (Å²) >= 11 is 3.54. The van der Waals surface area contributed by atoms with Gasteiger partial charge in [0, 0.05) is 23.1 Å². The van der Waals surface area contributed by atoms with Crippen molar-refractivity contribution >= 4 is 21.8 Å². The van der Waals surface area contributed by atoms with Crippen LogP contribution in [0.5, 0.6) is 0 Å². The monoisotopic (exact) mass is 308 g/mol. The fourth-order valence-electron chi connectivity index (χ4n) is 2.88. The van der Waals surface area contributed by atoms with E-state index >= 15 is 0 Å². The number of benzene rings is 1. The molecular formula is C14H17BrN2O. The Bertz CT molecular complexity index is 469. The number of carbonyl (C=O) groups is 1. The lowest BCUT2D eigenvalue weighted by atomic mass is 9.98. The van der Waals surface area contributed by atoms with Gasteiger partial charge in [-0.15, -0.1) is 0 Å². The van der Waals surface area contributed by atoms with Crippen LogP contribution in [-0.2, 0) is 6.54 Å². The predicted octanol–water partition coefficient (Wildman–Crippen LogP) is 2.40. The molecule has 3 rings (SSSR count). The van der Waals surface area contributed by atoms with Crippen LogP contribution in [0.25, 0.3) is 0 Å². The van der Waals surface area contributed by atoms with E-state index in [4.69, 9.17) is 0 Å². The first-order valence-electron chi connectivity index (χ1n) is 6.53. The molecule has 2 aliphatic rings. The van der Waals surface area contributed by atoms with Crippen LogP contribution in [0.1, 0.15) is 28.8 Å². The molecule has 0 bridgehead atoms. The third-order valence-corrected chi connectivity index (χ3v) is 4.67. The fraction of sp³-hybridized carbons (Fsp3) is 0.500. The summed E-state index contributed by atoms with van der Waals surface area (Å²) in [5, 5.41) is 3.37. The van der Waals surface area contributed by atoms with E-state index in [1.807, 2.05) is 23.1 Å². The number of amides is 1. The molecule has 0 unspecified atom stereocenters. The summed E-state index contributed by atoms with van der Waals surface area (Å²) in [5.74, 6) is 0.855. The van der Waals surface area contributed by atoms with Crippen LogP contribution in [0, 0.1) is 5.92 Å². The van der Waals surface area contributed by atoms with Crippen molar-refractivity contribution in [3.63, 3.8) is 0 Å². The molecule has 1 amide bonds. The maximum Gasteiger partial charge on any atom is 0.254 e. The maximum absolute atomic E-state index is 12.3. The van der Waals surface area contributed by atoms with Gasteiger partial charge in [0.05, 0.1) is 0 Å². The molecule has 1 fully saturated rings. The van der Waals surface area contributed by atoms with Gasteiger partial charge in [-0.3, -0.25) is 4.79 Å². The highest BCUT2D eigenvalue weighted by Crippen LogP contribution is 2.30. The van der Waals surface area contributed by atoms with E-state index in [1.165, 1.54) is 12.8 Å². The highest BCUT2D eigenvalue weighted by atomic mass is 79.9. The van der Waals surface area contributed by atoms with Gasteiger partial charge in [0.1, 0.15) is 0 Å². The van der Waals surface area contributed by atoms with Crippen LogP contribution in [-0.4, -0.2) is 30.4 Å². The van der Waals surface area contributed by atoms with Crippen molar-refractivity contribution in [2.24, 2.45) is 5.92 Å². The molecular weight excluding hydrogens is 292 g/mol. The number of hydrogen-bond acceptors (Lipinski definition) is 2. The minimum atomic E-state index is 0.199. The Labute approximate surface area is 116 Å². The summed E-state index contributed by atoms with van der Waals surface area (Å²) in [7, 11) is 0. The average molecular weight is 309 g/mol. The van der Waals surface area contributed by atoms with Gasteiger partial charge in [-0.25, -0.2) is 0 Å². The van der Waals surface area contributed by atoms with E-state index in [-0.39, 0.29) is 5.91 Å². The molecule has 3 nitrogen and oxygen atoms in total. The molecule has 0 atom stereocenters. The average Bonchev–Trinajstić information content (AvgIpc) is 2.70. The first-order valence-corrected chi connectivity index (χ1v) is 7.32. The maximum atomic E-state index is 12.3. The van der Waals surface area contributed by atoms with E-state index in [9.17, 15) is 4.79 Å². The number of hydrogen-bond donors (Lipinski definition) is 1. The Morgan fingerprint density at radius 3 is 2.83 bits per heavy atom. The van der Waals surface area contributed by atoms with Gasteiger partial charge in [-0.2, -0.15) is 0 Å². The molecule has 1 aromatic rings. The number of carbonyl (C=O) groups excluding carboxylic acids is 1. The second-order valence-corrected chi connectivity index (χ2v) is 6.00. The first kappa shape index (κ1) is 12.2. The van der Waals surface area contributed by atoms with Gasteiger partial charge in [0.15, 0.2) is 0 Å². The quantitative estimate of drug-likeness (QED) is 0.910. The highest BCUT2D eigenvalue weighted by Gasteiger charge is 2.30. The van der Waals surface area contributed by atoms with Crippen molar-refractivity contribution < 1.29 is 4.79 Å². The molecule has 4 heteroatoms. The van der Waals surface area contributed by atoms with Crippen molar-refractivity contribution in [1.29, 1.82) is 0 Å². The molecule has 0 aliphatic carbocycles. The summed E-state index contributed by atoms with van der Waals surface area (Å²) < 4.78 is 1.06. The van der Waals surface area contributed by atoms with Crippen LogP contribution < -0.4 is 5.32 Å². The molecule has 96 valence electrons. The van der Waals surface area contributed by atoms with Gasteiger partial charge in [0.2, 0.25) is 0 Å². The van der Waals surface area contributed by atoms with Gasteiger partial charge in [-0.1, -0.05) is 22.0 Å². The van der Waals surface area contributed by atoms with Crippen molar-refractivity contribution in [3.8, 4) is 0 Å². The number of piperidine rings is 1. The molecule has 2 aliphatic heterocycles. The number of fused-ring (bicyclic) bond motifs is 1. The summed E-state index contributed by atoms with van der Waals surface area (Å²) in [4.78, 5) is 14.3. The van der Waals surface area contributed by atoms with E-state index in [2.05, 4.69) is 21.2 Å². The summed E-state index contributed by atoms with van der Waals surface area (Å²) in [6, 6.07) is 5.89. The smallest absolute Gasteiger partial charge is 0.254 e. The fourth-order valence-corrected chi connectivity index (χ4v) is 3.37. The Morgan fingerprint density at radius 2 is 2.11 bits per heavy atom. The predicted molar refractivity (Wildman–Crippen MR) is 74.5 cm³/mol. The number of nitrogens with one attached hydrogen (secondary N) is 1. The molecule has 1 aromatic carbocycles. The van der Waals surface area contributed by atoms with E-state index in [1.54, 1.807) is 0 Å². The summed E-state index contributed by atoms with van der Waals surface area (Å²) in [6.07, 6.45) is 2.36. The van der Waals surface area contributed by atoms with Crippen molar-refractivity contribution in [2.45, 2.75) is 19.4 Å². The van der Waals surface area contributed by atoms with Crippen molar-refractivity contribution in [3.05, 3.63) is 33.8 Å². The number of halogens is 1. The standard InChI is InChI=1S/C14H17BrN2O/c15-13-3-1-2-11-12(13)9-17(14(11)18)8-10-4-6-16-7-5-10/h1-3,10,16H,4-9H2.